The van der Waals surface area contributed by atoms with Crippen LogP contribution in [-0.2, 0) is 9.84 Å². The van der Waals surface area contributed by atoms with Gasteiger partial charge in [0.15, 0.2) is 0 Å². The number of nitrogens with zero attached hydrogens (tertiary/aromatic N) is 1. The van der Waals surface area contributed by atoms with Crippen LogP contribution in [0.15, 0.2) is 76.0 Å². The standard InChI is InChI=1S/C19H19NO3S/c1-14-15(2)20(19(21)16-9-5-3-6-10-16)13-18(14)24(22,23)17-11-7-4-8-12-17/h3-12,15H,13H2,1-2H3. The highest BCUT2D eigenvalue weighted by molar-refractivity contribution is 7.95. The van der Waals surface area contributed by atoms with Crippen molar-refractivity contribution in [3.05, 3.63) is 76.7 Å². The number of amides is 1. The zero-order valence-corrected chi connectivity index (χ0v) is 14.5. The summed E-state index contributed by atoms with van der Waals surface area (Å²) < 4.78 is 25.8. The van der Waals surface area contributed by atoms with Gasteiger partial charge in [0.25, 0.3) is 5.91 Å². The summed E-state index contributed by atoms with van der Waals surface area (Å²) in [6.45, 7) is 3.76. The summed E-state index contributed by atoms with van der Waals surface area (Å²) in [6, 6.07) is 17.0. The lowest BCUT2D eigenvalue weighted by molar-refractivity contribution is 0.0754. The van der Waals surface area contributed by atoms with Crippen LogP contribution in [0.3, 0.4) is 0 Å². The number of sulfone groups is 1. The molecule has 2 aromatic rings. The smallest absolute Gasteiger partial charge is 0.254 e. The molecule has 4 nitrogen and oxygen atoms in total. The minimum absolute atomic E-state index is 0.109. The van der Waals surface area contributed by atoms with Crippen molar-refractivity contribution in [2.75, 3.05) is 6.54 Å². The molecule has 1 unspecified atom stereocenters. The Morgan fingerprint density at radius 3 is 2.12 bits per heavy atom. The zero-order valence-electron chi connectivity index (χ0n) is 13.6. The fourth-order valence-electron chi connectivity index (χ4n) is 2.92. The Hall–Kier alpha value is -2.40. The Bertz CT molecular complexity index is 887. The highest BCUT2D eigenvalue weighted by Gasteiger charge is 2.37. The van der Waals surface area contributed by atoms with Crippen molar-refractivity contribution in [1.82, 2.24) is 4.90 Å². The first kappa shape index (κ1) is 16.5. The first-order valence-electron chi connectivity index (χ1n) is 7.78. The molecule has 124 valence electrons. The van der Waals surface area contributed by atoms with Gasteiger partial charge < -0.3 is 4.90 Å². The van der Waals surface area contributed by atoms with Crippen LogP contribution in [0.5, 0.6) is 0 Å². The van der Waals surface area contributed by atoms with Crippen LogP contribution in [0, 0.1) is 0 Å². The maximum Gasteiger partial charge on any atom is 0.254 e. The molecule has 0 saturated carbocycles. The molecule has 0 radical (unpaired) electrons. The Kier molecular flexibility index (Phi) is 4.28. The van der Waals surface area contributed by atoms with Crippen LogP contribution in [-0.4, -0.2) is 31.8 Å². The third-order valence-electron chi connectivity index (χ3n) is 4.51. The summed E-state index contributed by atoms with van der Waals surface area (Å²) in [5.41, 5.74) is 1.29. The predicted molar refractivity (Wildman–Crippen MR) is 93.3 cm³/mol. The fourth-order valence-corrected chi connectivity index (χ4v) is 4.62. The average molecular weight is 341 g/mol. The van der Waals surface area contributed by atoms with E-state index in [9.17, 15) is 13.2 Å². The topological polar surface area (TPSA) is 54.5 Å². The lowest BCUT2D eigenvalue weighted by Gasteiger charge is -2.23. The van der Waals surface area contributed by atoms with Gasteiger partial charge in [-0.1, -0.05) is 36.4 Å². The molecule has 0 aliphatic carbocycles. The fraction of sp³-hybridized carbons (Fsp3) is 0.211. The summed E-state index contributed by atoms with van der Waals surface area (Å²) in [6.07, 6.45) is 0. The number of rotatable bonds is 3. The molecule has 0 saturated heterocycles. The van der Waals surface area contributed by atoms with E-state index in [2.05, 4.69) is 0 Å². The number of carbonyl (C=O) groups excluding carboxylic acids is 1. The first-order valence-corrected chi connectivity index (χ1v) is 9.27. The van der Waals surface area contributed by atoms with Gasteiger partial charge >= 0.3 is 0 Å². The van der Waals surface area contributed by atoms with Gasteiger partial charge in [0, 0.05) is 5.56 Å². The molecule has 1 atom stereocenters. The van der Waals surface area contributed by atoms with Crippen LogP contribution < -0.4 is 0 Å². The van der Waals surface area contributed by atoms with Crippen molar-refractivity contribution in [3.63, 3.8) is 0 Å². The Balaban J connectivity index is 1.94. The zero-order chi connectivity index (χ0) is 17.3. The maximum atomic E-state index is 12.9. The van der Waals surface area contributed by atoms with Crippen molar-refractivity contribution in [2.24, 2.45) is 0 Å². The minimum atomic E-state index is -3.58. The third kappa shape index (κ3) is 2.76. The van der Waals surface area contributed by atoms with Gasteiger partial charge in [-0.2, -0.15) is 0 Å². The van der Waals surface area contributed by atoms with E-state index in [-0.39, 0.29) is 23.4 Å². The van der Waals surface area contributed by atoms with Gasteiger partial charge in [-0.05, 0) is 43.7 Å². The monoisotopic (exact) mass is 341 g/mol. The van der Waals surface area contributed by atoms with E-state index < -0.39 is 9.84 Å². The minimum Gasteiger partial charge on any atom is -0.327 e. The largest absolute Gasteiger partial charge is 0.327 e. The lowest BCUT2D eigenvalue weighted by atomic mass is 10.1. The normalized spacial score (nSPS) is 18.1. The predicted octanol–water partition coefficient (Wildman–Crippen LogP) is 3.28. The molecular weight excluding hydrogens is 322 g/mol. The van der Waals surface area contributed by atoms with E-state index in [4.69, 9.17) is 0 Å². The summed E-state index contributed by atoms with van der Waals surface area (Å²) in [4.78, 5) is 14.9. The molecule has 0 bridgehead atoms. The van der Waals surface area contributed by atoms with Gasteiger partial charge in [-0.25, -0.2) is 8.42 Å². The van der Waals surface area contributed by atoms with E-state index in [1.165, 1.54) is 0 Å². The highest BCUT2D eigenvalue weighted by Crippen LogP contribution is 2.32. The molecule has 2 aromatic carbocycles. The van der Waals surface area contributed by atoms with Crippen LogP contribution in [0.25, 0.3) is 0 Å². The Labute approximate surface area is 142 Å². The molecule has 1 aliphatic rings. The van der Waals surface area contributed by atoms with Crippen molar-refractivity contribution in [1.29, 1.82) is 0 Å². The van der Waals surface area contributed by atoms with E-state index in [0.717, 1.165) is 5.57 Å². The third-order valence-corrected chi connectivity index (χ3v) is 6.50. The molecule has 0 fully saturated rings. The molecule has 1 aliphatic heterocycles. The van der Waals surface area contributed by atoms with Gasteiger partial charge in [0.1, 0.15) is 0 Å². The van der Waals surface area contributed by atoms with E-state index in [1.54, 1.807) is 66.4 Å². The second kappa shape index (κ2) is 6.24. The second-order valence-electron chi connectivity index (χ2n) is 5.90. The van der Waals surface area contributed by atoms with Crippen molar-refractivity contribution >= 4 is 15.7 Å². The molecular formula is C19H19NO3S. The van der Waals surface area contributed by atoms with Gasteiger partial charge in [-0.3, -0.25) is 4.79 Å². The van der Waals surface area contributed by atoms with Crippen LogP contribution in [0.4, 0.5) is 0 Å². The SMILES string of the molecule is CC1=C(S(=O)(=O)c2ccccc2)CN(C(=O)c2ccccc2)C1C. The number of carbonyl (C=O) groups is 1. The number of hydrogen-bond acceptors (Lipinski definition) is 3. The van der Waals surface area contributed by atoms with E-state index in [1.807, 2.05) is 13.0 Å². The molecule has 1 heterocycles. The van der Waals surface area contributed by atoms with Crippen molar-refractivity contribution in [3.8, 4) is 0 Å². The van der Waals surface area contributed by atoms with Crippen LogP contribution in [0.1, 0.15) is 24.2 Å². The van der Waals surface area contributed by atoms with Gasteiger partial charge in [-0.15, -0.1) is 0 Å². The van der Waals surface area contributed by atoms with Crippen molar-refractivity contribution < 1.29 is 13.2 Å². The number of benzene rings is 2. The maximum absolute atomic E-state index is 12.9. The van der Waals surface area contributed by atoms with Gasteiger partial charge in [0.05, 0.1) is 22.4 Å². The molecule has 0 aromatic heterocycles. The molecule has 5 heteroatoms. The molecule has 0 N–H and O–H groups in total. The Morgan fingerprint density at radius 1 is 1.00 bits per heavy atom. The van der Waals surface area contributed by atoms with Gasteiger partial charge in [0.2, 0.25) is 9.84 Å². The quantitative estimate of drug-likeness (QED) is 0.861. The highest BCUT2D eigenvalue weighted by atomic mass is 32.2. The summed E-state index contributed by atoms with van der Waals surface area (Å²) >= 11 is 0. The second-order valence-corrected chi connectivity index (χ2v) is 7.87. The van der Waals surface area contributed by atoms with Crippen LogP contribution in [0.2, 0.25) is 0 Å². The average Bonchev–Trinajstić information content (AvgIpc) is 2.92. The summed E-state index contributed by atoms with van der Waals surface area (Å²) in [5, 5.41) is 0. The molecule has 3 rings (SSSR count). The molecule has 1 amide bonds. The summed E-state index contributed by atoms with van der Waals surface area (Å²) in [5.74, 6) is -0.152. The number of hydrogen-bond donors (Lipinski definition) is 0. The van der Waals surface area contributed by atoms with Crippen molar-refractivity contribution in [2.45, 2.75) is 24.8 Å². The molecule has 0 spiro atoms. The first-order chi connectivity index (χ1) is 11.4. The molecule has 24 heavy (non-hydrogen) atoms. The van der Waals surface area contributed by atoms with E-state index in [0.29, 0.717) is 10.5 Å². The lowest BCUT2D eigenvalue weighted by Crippen LogP contribution is -2.35. The summed E-state index contributed by atoms with van der Waals surface area (Å²) in [7, 11) is -3.58. The van der Waals surface area contributed by atoms with E-state index >= 15 is 0 Å². The Morgan fingerprint density at radius 2 is 1.54 bits per heavy atom. The van der Waals surface area contributed by atoms with Crippen LogP contribution >= 0.6 is 0 Å².